The van der Waals surface area contributed by atoms with Gasteiger partial charge in [-0.25, -0.2) is 44.6 Å². The van der Waals surface area contributed by atoms with E-state index in [2.05, 4.69) is 36.2 Å². The summed E-state index contributed by atoms with van der Waals surface area (Å²) in [5.74, 6) is -8.59. The summed E-state index contributed by atoms with van der Waals surface area (Å²) >= 11 is 4.64. The minimum absolute atomic E-state index is 0.0000960. The number of ether oxygens (including phenoxy) is 6. The molecule has 12 unspecified atom stereocenters. The molecular weight excluding hydrogens is 1310 g/mol. The molecule has 0 aromatic carbocycles. The first-order valence-corrected chi connectivity index (χ1v) is 33.0. The minimum Gasteiger partial charge on any atom is -0.506 e. The number of nitrogens with zero attached hydrogens (tertiary/aromatic N) is 8. The van der Waals surface area contributed by atoms with Gasteiger partial charge in [-0.1, -0.05) is 12.2 Å². The predicted molar refractivity (Wildman–Crippen MR) is 332 cm³/mol. The maximum absolute atomic E-state index is 15.1. The van der Waals surface area contributed by atoms with Crippen LogP contribution in [-0.2, 0) is 42.8 Å². The summed E-state index contributed by atoms with van der Waals surface area (Å²) in [6.07, 6.45) is -2.47. The summed E-state index contributed by atoms with van der Waals surface area (Å²) in [6, 6.07) is -3.85. The number of rotatable bonds is 7. The number of thiazole rings is 5. The molecule has 12 atom stereocenters. The van der Waals surface area contributed by atoms with Gasteiger partial charge in [0.2, 0.25) is 5.91 Å². The predicted octanol–water partition coefficient (Wildman–Crippen LogP) is 3.40. The molecule has 6 aromatic heterocycles. The summed E-state index contributed by atoms with van der Waals surface area (Å²) in [5, 5.41) is 65.8. The second kappa shape index (κ2) is 25.9. The van der Waals surface area contributed by atoms with E-state index in [-0.39, 0.29) is 112 Å². The largest absolute Gasteiger partial charge is 0.506 e. The van der Waals surface area contributed by atoms with Crippen LogP contribution in [0.1, 0.15) is 103 Å². The second-order valence-electron chi connectivity index (χ2n) is 22.8. The Balaban J connectivity index is 1.04. The molecule has 12 rings (SSSR count). The van der Waals surface area contributed by atoms with Gasteiger partial charge >= 0.3 is 11.9 Å². The zero-order valence-corrected chi connectivity index (χ0v) is 54.3. The molecule has 1 aliphatic carbocycles. The van der Waals surface area contributed by atoms with Crippen molar-refractivity contribution in [1.29, 1.82) is 0 Å². The number of likely N-dealkylation sites (N-methyl/N-ethyl adjacent to an activating group) is 1. The number of pyridine rings is 1. The van der Waals surface area contributed by atoms with Crippen LogP contribution in [0.25, 0.3) is 38.4 Å². The van der Waals surface area contributed by atoms with E-state index in [1.165, 1.54) is 48.5 Å². The van der Waals surface area contributed by atoms with Gasteiger partial charge in [0.1, 0.15) is 113 Å². The van der Waals surface area contributed by atoms with Gasteiger partial charge in [-0.2, -0.15) is 0 Å². The maximum atomic E-state index is 15.1. The van der Waals surface area contributed by atoms with Gasteiger partial charge in [0.25, 0.3) is 23.6 Å². The monoisotopic (exact) mass is 1370 g/mol. The van der Waals surface area contributed by atoms with Gasteiger partial charge in [0.05, 0.1) is 49.9 Å². The molecule has 11 heterocycles. The number of primary amides is 1. The van der Waals surface area contributed by atoms with Gasteiger partial charge in [-0.15, -0.1) is 56.7 Å². The number of allylic oxidation sites excluding steroid dienone is 4. The highest BCUT2D eigenvalue weighted by molar-refractivity contribution is 7.14. The Hall–Kier alpha value is -8.33. The number of nitrogens with one attached hydrogen (secondary N) is 4. The van der Waals surface area contributed by atoms with Crippen molar-refractivity contribution in [3.8, 4) is 38.4 Å². The normalized spacial score (nSPS) is 27.8. The lowest BCUT2D eigenvalue weighted by atomic mass is 9.82. The van der Waals surface area contributed by atoms with E-state index in [4.69, 9.17) is 49.1 Å². The zero-order valence-electron chi connectivity index (χ0n) is 50.2. The highest BCUT2D eigenvalue weighted by atomic mass is 32.1. The van der Waals surface area contributed by atoms with Crippen LogP contribution >= 0.6 is 56.7 Å². The summed E-state index contributed by atoms with van der Waals surface area (Å²) in [6.45, 7) is 4.54. The van der Waals surface area contributed by atoms with Gasteiger partial charge in [-0.05, 0) is 59.5 Å². The van der Waals surface area contributed by atoms with E-state index in [1.807, 2.05) is 0 Å². The topological polar surface area (TPSA) is 414 Å². The Kier molecular flexibility index (Phi) is 18.0. The molecule has 2 saturated heterocycles. The molecule has 0 radical (unpaired) electrons. The van der Waals surface area contributed by atoms with Crippen LogP contribution in [0.15, 0.2) is 73.9 Å². The van der Waals surface area contributed by atoms with Crippen LogP contribution in [0.5, 0.6) is 5.75 Å². The standard InChI is InChI=1S/C58H59N13O17S5/c1-21(72)37-50(78)68-38(22(2)83-7)53-64-32(20-92-53)49(77)69-41-43-44(88-35-12-58(4,81)45(70(5)6)23(3)87-35)57(80)85-13-24-9-8-10-33-36(24)26(14-84-43)42(71(33)82)56(79)86-15-27(60-47(75)30-19-93-55(41)65-30)52-61-28(16-90-52)39-25(51-63-31(18-89-51)48(76)67-37)11-34(73)40(66-39)54-62-29(17-91-54)46(59)74/h8-11,16-21,23-24,27,35-37,41,43-45,72-73,81-82H,12-15H2,1-7H3,(H2,59,74)(H,60,75)(H,67,76)(H,68,78)(H,69,77). The number of cyclic esters (lactones) is 2. The van der Waals surface area contributed by atoms with Gasteiger partial charge < -0.3 is 75.6 Å². The SMILES string of the molecule is COC(C)=C1NC(=O)C(C(C)O)NC(=O)c2csc(n2)-c2cc(O)c(-c3nc(C(N)=O)cs3)nc2-c2csc(n2)C2COC(=O)C3=C4COC(C(OC5CC(C)(O)C(N(C)C)C(C)O5)C(=O)OCC5C=CC=C(C45)N3O)C(NC(=O)c3csc1n3)c1nc(cs1)C(=O)N2. The number of amides is 5. The van der Waals surface area contributed by atoms with Crippen molar-refractivity contribution in [2.45, 2.75) is 94.6 Å². The third-order valence-corrected chi connectivity index (χ3v) is 20.7. The van der Waals surface area contributed by atoms with Crippen molar-refractivity contribution in [3.05, 3.63) is 112 Å². The molecule has 10 N–H and O–H groups in total. The highest BCUT2D eigenvalue weighted by Crippen LogP contribution is 2.47. The molecule has 5 aliphatic heterocycles. The molecular formula is C58H59N13O17S5. The summed E-state index contributed by atoms with van der Waals surface area (Å²) < 4.78 is 37.7. The van der Waals surface area contributed by atoms with Gasteiger partial charge in [0.15, 0.2) is 18.1 Å². The number of nitrogens with two attached hydrogens (primary N) is 1. The fraction of sp³-hybridized carbons (Fsp3) is 0.397. The van der Waals surface area contributed by atoms with Crippen molar-refractivity contribution in [2.24, 2.45) is 17.6 Å². The van der Waals surface area contributed by atoms with Crippen LogP contribution < -0.4 is 27.0 Å². The zero-order chi connectivity index (χ0) is 66.1. The van der Waals surface area contributed by atoms with Crippen molar-refractivity contribution in [3.63, 3.8) is 0 Å². The van der Waals surface area contributed by atoms with E-state index in [1.54, 1.807) is 56.5 Å². The number of hydrogen-bond acceptors (Lipinski definition) is 30. The van der Waals surface area contributed by atoms with E-state index in [9.17, 15) is 44.5 Å². The molecule has 0 spiro atoms. The van der Waals surface area contributed by atoms with Crippen LogP contribution in [0.3, 0.4) is 0 Å². The number of aromatic nitrogens is 6. The van der Waals surface area contributed by atoms with Crippen molar-refractivity contribution < 1.29 is 82.5 Å². The molecule has 5 amide bonds. The molecule has 93 heavy (non-hydrogen) atoms. The Bertz CT molecular complexity index is 4150. The Morgan fingerprint density at radius 2 is 1.52 bits per heavy atom. The van der Waals surface area contributed by atoms with Crippen molar-refractivity contribution in [2.75, 3.05) is 41.0 Å². The maximum Gasteiger partial charge on any atom is 0.357 e. The quantitative estimate of drug-likeness (QED) is 0.0817. The summed E-state index contributed by atoms with van der Waals surface area (Å²) in [5.41, 5.74) is 3.19. The summed E-state index contributed by atoms with van der Waals surface area (Å²) in [4.78, 5) is 131. The lowest BCUT2D eigenvalue weighted by Gasteiger charge is -2.48. The number of aliphatic hydroxyl groups excluding tert-OH is 1. The third kappa shape index (κ3) is 12.6. The molecule has 6 aliphatic rings. The molecule has 6 aromatic rings. The van der Waals surface area contributed by atoms with Crippen LogP contribution in [0.2, 0.25) is 0 Å². The van der Waals surface area contributed by atoms with Gasteiger partial charge in [0, 0.05) is 50.7 Å². The molecule has 488 valence electrons. The van der Waals surface area contributed by atoms with Crippen molar-refractivity contribution in [1.82, 2.24) is 61.1 Å². The number of aromatic hydroxyl groups is 1. The summed E-state index contributed by atoms with van der Waals surface area (Å²) in [7, 11) is 4.87. The van der Waals surface area contributed by atoms with Crippen LogP contribution in [0.4, 0.5) is 0 Å². The highest BCUT2D eigenvalue weighted by Gasteiger charge is 2.52. The van der Waals surface area contributed by atoms with E-state index < -0.39 is 133 Å². The average molecular weight is 1370 g/mol. The van der Waals surface area contributed by atoms with E-state index in [0.717, 1.165) is 56.7 Å². The number of carbonyl (C=O) groups excluding carboxylic acids is 7. The van der Waals surface area contributed by atoms with Crippen LogP contribution in [-0.4, -0.2) is 191 Å². The molecule has 0 saturated carbocycles. The lowest BCUT2D eigenvalue weighted by molar-refractivity contribution is -0.280. The first-order chi connectivity index (χ1) is 44.4. The Morgan fingerprint density at radius 1 is 0.849 bits per heavy atom. The number of aliphatic hydroxyl groups is 2. The number of hydrogen-bond donors (Lipinski definition) is 9. The Labute approximate surface area is 547 Å². The number of hydroxylamine groups is 2. The first-order valence-electron chi connectivity index (χ1n) is 28.6. The number of methoxy groups -OCH3 is 1. The van der Waals surface area contributed by atoms with Crippen LogP contribution in [0, 0.1) is 11.8 Å². The minimum atomic E-state index is -1.88. The smallest absolute Gasteiger partial charge is 0.357 e. The Morgan fingerprint density at radius 3 is 2.23 bits per heavy atom. The number of carbonyl (C=O) groups is 7. The van der Waals surface area contributed by atoms with Gasteiger partial charge in [-0.3, -0.25) is 29.2 Å². The molecule has 35 heteroatoms. The molecule has 30 nitrogen and oxygen atoms in total. The molecule has 12 bridgehead atoms. The van der Waals surface area contributed by atoms with E-state index >= 15 is 9.59 Å². The fourth-order valence-electron chi connectivity index (χ4n) is 11.9. The second-order valence-corrected chi connectivity index (χ2v) is 27.1. The number of esters is 2. The molecule has 2 fully saturated rings. The fourth-order valence-corrected chi connectivity index (χ4v) is 16.1. The third-order valence-electron chi connectivity index (χ3n) is 16.2. The first kappa shape index (κ1) is 64.8. The lowest BCUT2D eigenvalue weighted by Crippen LogP contribution is -2.62. The van der Waals surface area contributed by atoms with Crippen molar-refractivity contribution >= 4 is 104 Å². The van der Waals surface area contributed by atoms with E-state index in [0.29, 0.717) is 5.06 Å². The number of fused-ring (bicyclic) bond motifs is 15. The average Bonchev–Trinajstić information content (AvgIpc) is 1.80.